The molecule has 2 aromatic rings. The molecule has 11 heteroatoms. The van der Waals surface area contributed by atoms with E-state index in [9.17, 15) is 24.5 Å². The lowest BCUT2D eigenvalue weighted by Crippen LogP contribution is -2.34. The van der Waals surface area contributed by atoms with Crippen LogP contribution in [0.15, 0.2) is 47.4 Å². The standard InChI is InChI=1S/C21H18N2O8S/c1-29-17-9-14(10-18-20(25)22(21(26)32-18)11-19(24)30-2)5-8-16(17)31-12-13-3-6-15(7-4-13)23(27)28/h3-10H,11-12H2,1-2H3/b18-10+. The lowest BCUT2D eigenvalue weighted by Gasteiger charge is -2.12. The summed E-state index contributed by atoms with van der Waals surface area (Å²) in [7, 11) is 2.64. The van der Waals surface area contributed by atoms with Gasteiger partial charge in [0, 0.05) is 12.1 Å². The summed E-state index contributed by atoms with van der Waals surface area (Å²) in [4.78, 5) is 47.1. The molecule has 1 heterocycles. The van der Waals surface area contributed by atoms with Crippen LogP contribution in [0.2, 0.25) is 0 Å². The Morgan fingerprint density at radius 1 is 1.12 bits per heavy atom. The van der Waals surface area contributed by atoms with E-state index in [1.165, 1.54) is 32.4 Å². The van der Waals surface area contributed by atoms with E-state index in [-0.39, 0.29) is 17.2 Å². The highest BCUT2D eigenvalue weighted by molar-refractivity contribution is 8.18. The zero-order chi connectivity index (χ0) is 23.3. The average molecular weight is 458 g/mol. The third kappa shape index (κ3) is 5.24. The number of amides is 2. The van der Waals surface area contributed by atoms with Crippen LogP contribution < -0.4 is 9.47 Å². The monoisotopic (exact) mass is 458 g/mol. The van der Waals surface area contributed by atoms with Gasteiger partial charge in [0.05, 0.1) is 24.0 Å². The molecule has 1 fully saturated rings. The first-order valence-electron chi connectivity index (χ1n) is 9.18. The lowest BCUT2D eigenvalue weighted by molar-refractivity contribution is -0.384. The number of ether oxygens (including phenoxy) is 3. The maximum atomic E-state index is 12.4. The number of non-ortho nitro benzene ring substituents is 1. The van der Waals surface area contributed by atoms with E-state index in [4.69, 9.17) is 9.47 Å². The lowest BCUT2D eigenvalue weighted by atomic mass is 10.1. The fourth-order valence-electron chi connectivity index (χ4n) is 2.75. The van der Waals surface area contributed by atoms with Crippen molar-refractivity contribution in [3.8, 4) is 11.5 Å². The SMILES string of the molecule is COC(=O)CN1C(=O)S/C(=C/c2ccc(OCc3ccc([N+](=O)[O-])cc3)c(OC)c2)C1=O. The molecule has 0 unspecified atom stereocenters. The summed E-state index contributed by atoms with van der Waals surface area (Å²) < 4.78 is 15.6. The highest BCUT2D eigenvalue weighted by Gasteiger charge is 2.36. The van der Waals surface area contributed by atoms with E-state index in [1.807, 2.05) is 0 Å². The number of methoxy groups -OCH3 is 2. The number of esters is 1. The van der Waals surface area contributed by atoms with Crippen molar-refractivity contribution in [3.63, 3.8) is 0 Å². The predicted molar refractivity (Wildman–Crippen MR) is 115 cm³/mol. The summed E-state index contributed by atoms with van der Waals surface area (Å²) in [6.45, 7) is -0.280. The molecule has 1 saturated heterocycles. The van der Waals surface area contributed by atoms with Crippen LogP contribution >= 0.6 is 11.8 Å². The van der Waals surface area contributed by atoms with E-state index in [0.29, 0.717) is 17.1 Å². The molecule has 0 spiro atoms. The van der Waals surface area contributed by atoms with Crippen molar-refractivity contribution in [1.29, 1.82) is 0 Å². The summed E-state index contributed by atoms with van der Waals surface area (Å²) in [5, 5.41) is 10.2. The quantitative estimate of drug-likeness (QED) is 0.253. The van der Waals surface area contributed by atoms with Gasteiger partial charge in [-0.1, -0.05) is 6.07 Å². The van der Waals surface area contributed by atoms with Crippen LogP contribution in [0.1, 0.15) is 11.1 Å². The molecule has 2 aromatic carbocycles. The Balaban J connectivity index is 1.72. The highest BCUT2D eigenvalue weighted by Crippen LogP contribution is 2.34. The second-order valence-corrected chi connectivity index (χ2v) is 7.46. The number of nitrogens with zero attached hydrogens (tertiary/aromatic N) is 2. The summed E-state index contributed by atoms with van der Waals surface area (Å²) in [6.07, 6.45) is 1.52. The molecule has 32 heavy (non-hydrogen) atoms. The smallest absolute Gasteiger partial charge is 0.325 e. The predicted octanol–water partition coefficient (Wildman–Crippen LogP) is 3.39. The Bertz CT molecular complexity index is 1100. The third-order valence-electron chi connectivity index (χ3n) is 4.42. The summed E-state index contributed by atoms with van der Waals surface area (Å²) in [5.41, 5.74) is 1.32. The number of benzene rings is 2. The molecule has 1 aliphatic heterocycles. The van der Waals surface area contributed by atoms with Crippen molar-refractivity contribution in [1.82, 2.24) is 4.90 Å². The number of carbonyl (C=O) groups is 3. The first-order chi connectivity index (χ1) is 15.3. The molecule has 1 aliphatic rings. The molecule has 10 nitrogen and oxygen atoms in total. The minimum Gasteiger partial charge on any atom is -0.493 e. The number of imide groups is 1. The van der Waals surface area contributed by atoms with E-state index in [1.54, 1.807) is 30.3 Å². The van der Waals surface area contributed by atoms with Gasteiger partial charge < -0.3 is 14.2 Å². The van der Waals surface area contributed by atoms with Crippen molar-refractivity contribution in [3.05, 3.63) is 68.6 Å². The molecule has 0 saturated carbocycles. The molecular weight excluding hydrogens is 440 g/mol. The number of hydrogen-bond donors (Lipinski definition) is 0. The van der Waals surface area contributed by atoms with Crippen LogP contribution in [0.4, 0.5) is 10.5 Å². The van der Waals surface area contributed by atoms with Gasteiger partial charge in [-0.25, -0.2) is 0 Å². The molecule has 0 bridgehead atoms. The Kier molecular flexibility index (Phi) is 7.11. The molecule has 2 amide bonds. The first kappa shape index (κ1) is 22.8. The minimum atomic E-state index is -0.690. The number of carbonyl (C=O) groups excluding carboxylic acids is 3. The van der Waals surface area contributed by atoms with Crippen LogP contribution in [-0.2, 0) is 20.9 Å². The van der Waals surface area contributed by atoms with Gasteiger partial charge >= 0.3 is 5.97 Å². The topological polar surface area (TPSA) is 125 Å². The number of hydrogen-bond acceptors (Lipinski definition) is 9. The molecule has 0 atom stereocenters. The van der Waals surface area contributed by atoms with Crippen molar-refractivity contribution in [2.24, 2.45) is 0 Å². The van der Waals surface area contributed by atoms with E-state index >= 15 is 0 Å². The zero-order valence-electron chi connectivity index (χ0n) is 17.1. The first-order valence-corrected chi connectivity index (χ1v) is 10.0. The Hall–Kier alpha value is -3.86. The zero-order valence-corrected chi connectivity index (χ0v) is 17.9. The fourth-order valence-corrected chi connectivity index (χ4v) is 3.59. The van der Waals surface area contributed by atoms with Gasteiger partial charge in [-0.15, -0.1) is 0 Å². The summed E-state index contributed by atoms with van der Waals surface area (Å²) >= 11 is 0.728. The third-order valence-corrected chi connectivity index (χ3v) is 5.32. The van der Waals surface area contributed by atoms with Crippen LogP contribution in [-0.4, -0.2) is 47.7 Å². The van der Waals surface area contributed by atoms with Crippen molar-refractivity contribution in [2.75, 3.05) is 20.8 Å². The van der Waals surface area contributed by atoms with E-state index < -0.39 is 28.6 Å². The summed E-state index contributed by atoms with van der Waals surface area (Å²) in [6, 6.07) is 11.0. The van der Waals surface area contributed by atoms with Crippen molar-refractivity contribution < 1.29 is 33.5 Å². The fraction of sp³-hybridized carbons (Fsp3) is 0.190. The van der Waals surface area contributed by atoms with Crippen LogP contribution in [0.5, 0.6) is 11.5 Å². The van der Waals surface area contributed by atoms with E-state index in [2.05, 4.69) is 4.74 Å². The highest BCUT2D eigenvalue weighted by atomic mass is 32.2. The largest absolute Gasteiger partial charge is 0.493 e. The molecule has 0 radical (unpaired) electrons. The molecule has 166 valence electrons. The number of nitro benzene ring substituents is 1. The second-order valence-electron chi connectivity index (χ2n) is 6.47. The van der Waals surface area contributed by atoms with E-state index in [0.717, 1.165) is 22.2 Å². The Morgan fingerprint density at radius 3 is 2.47 bits per heavy atom. The number of nitro groups is 1. The van der Waals surface area contributed by atoms with Crippen LogP contribution in [0.25, 0.3) is 6.08 Å². The van der Waals surface area contributed by atoms with Crippen molar-refractivity contribution >= 4 is 40.6 Å². The Morgan fingerprint density at radius 2 is 1.84 bits per heavy atom. The van der Waals surface area contributed by atoms with Gasteiger partial charge in [0.25, 0.3) is 16.8 Å². The molecule has 0 aliphatic carbocycles. The van der Waals surface area contributed by atoms with Crippen LogP contribution in [0.3, 0.4) is 0 Å². The summed E-state index contributed by atoms with van der Waals surface area (Å²) in [5.74, 6) is -0.441. The minimum absolute atomic E-state index is 0.00770. The van der Waals surface area contributed by atoms with Crippen molar-refractivity contribution in [2.45, 2.75) is 6.61 Å². The average Bonchev–Trinajstić information content (AvgIpc) is 3.05. The Labute approximate surface area is 186 Å². The van der Waals surface area contributed by atoms with Gasteiger partial charge in [-0.3, -0.25) is 29.4 Å². The molecule has 0 N–H and O–H groups in total. The van der Waals surface area contributed by atoms with Gasteiger partial charge in [-0.05, 0) is 53.2 Å². The maximum absolute atomic E-state index is 12.4. The molecule has 3 rings (SSSR count). The van der Waals surface area contributed by atoms with Gasteiger partial charge in [0.2, 0.25) is 0 Å². The molecular formula is C21H18N2O8S. The van der Waals surface area contributed by atoms with Gasteiger partial charge in [0.15, 0.2) is 11.5 Å². The van der Waals surface area contributed by atoms with Gasteiger partial charge in [-0.2, -0.15) is 0 Å². The second kappa shape index (κ2) is 9.96. The maximum Gasteiger partial charge on any atom is 0.325 e. The van der Waals surface area contributed by atoms with Gasteiger partial charge in [0.1, 0.15) is 13.2 Å². The van der Waals surface area contributed by atoms with Crippen LogP contribution in [0, 0.1) is 10.1 Å². The normalized spacial score (nSPS) is 14.6. The number of rotatable bonds is 8. The molecule has 0 aromatic heterocycles. The number of thioether (sulfide) groups is 1.